The van der Waals surface area contributed by atoms with Crippen molar-refractivity contribution in [2.45, 2.75) is 13.0 Å². The van der Waals surface area contributed by atoms with Gasteiger partial charge >= 0.3 is 5.69 Å². The van der Waals surface area contributed by atoms with Gasteiger partial charge in [-0.25, -0.2) is 0 Å². The Hall–Kier alpha value is -1.63. The molecule has 2 N–H and O–H groups in total. The van der Waals surface area contributed by atoms with Crippen molar-refractivity contribution >= 4 is 33.2 Å². The predicted molar refractivity (Wildman–Crippen MR) is 84.9 cm³/mol. The van der Waals surface area contributed by atoms with E-state index in [-0.39, 0.29) is 17.5 Å². The van der Waals surface area contributed by atoms with Gasteiger partial charge in [-0.2, -0.15) is 0 Å². The maximum absolute atomic E-state index is 11.0. The van der Waals surface area contributed by atoms with Crippen LogP contribution in [0.5, 0.6) is 11.5 Å². The largest absolute Gasteiger partial charge is 0.449 e. The van der Waals surface area contributed by atoms with Crippen molar-refractivity contribution in [2.24, 2.45) is 5.73 Å². The van der Waals surface area contributed by atoms with Crippen molar-refractivity contribution in [2.75, 3.05) is 0 Å². The second-order valence-corrected chi connectivity index (χ2v) is 5.77. The number of nitrogens with two attached hydrogens (primary N) is 1. The van der Waals surface area contributed by atoms with Crippen LogP contribution in [-0.4, -0.2) is 4.92 Å². The monoisotopic (exact) mass is 370 g/mol. The van der Waals surface area contributed by atoms with E-state index in [0.29, 0.717) is 15.2 Å². The van der Waals surface area contributed by atoms with E-state index in [1.54, 1.807) is 24.3 Å². The lowest BCUT2D eigenvalue weighted by atomic mass is 10.1. The van der Waals surface area contributed by atoms with Crippen LogP contribution in [0.15, 0.2) is 40.9 Å². The molecule has 0 bridgehead atoms. The van der Waals surface area contributed by atoms with E-state index in [9.17, 15) is 10.1 Å². The van der Waals surface area contributed by atoms with Crippen LogP contribution in [0.2, 0.25) is 5.02 Å². The van der Waals surface area contributed by atoms with Crippen LogP contribution in [0.1, 0.15) is 18.5 Å². The summed E-state index contributed by atoms with van der Waals surface area (Å²) in [4.78, 5) is 10.5. The van der Waals surface area contributed by atoms with E-state index in [1.165, 1.54) is 12.1 Å². The number of hydrogen-bond acceptors (Lipinski definition) is 4. The van der Waals surface area contributed by atoms with Gasteiger partial charge in [-0.1, -0.05) is 33.6 Å². The SMILES string of the molecule is C[C@H](N)c1ccc(Oc2ccc(Br)cc2[N+](=O)[O-])c(Cl)c1. The molecule has 0 radical (unpaired) electrons. The van der Waals surface area contributed by atoms with Gasteiger partial charge in [-0.05, 0) is 36.8 Å². The molecule has 0 saturated heterocycles. The van der Waals surface area contributed by atoms with Crippen molar-refractivity contribution < 1.29 is 9.66 Å². The average Bonchev–Trinajstić information content (AvgIpc) is 2.42. The maximum atomic E-state index is 11.0. The highest BCUT2D eigenvalue weighted by Crippen LogP contribution is 2.37. The topological polar surface area (TPSA) is 78.4 Å². The number of hydrogen-bond donors (Lipinski definition) is 1. The molecule has 2 aromatic rings. The third-order valence-electron chi connectivity index (χ3n) is 2.82. The Labute approximate surface area is 134 Å². The summed E-state index contributed by atoms with van der Waals surface area (Å²) in [6.07, 6.45) is 0. The Balaban J connectivity index is 2.37. The second kappa shape index (κ2) is 6.43. The van der Waals surface area contributed by atoms with Crippen molar-refractivity contribution in [1.82, 2.24) is 0 Å². The highest BCUT2D eigenvalue weighted by atomic mass is 79.9. The quantitative estimate of drug-likeness (QED) is 0.617. The van der Waals surface area contributed by atoms with Gasteiger partial charge in [0, 0.05) is 16.6 Å². The number of halogens is 2. The highest BCUT2D eigenvalue weighted by molar-refractivity contribution is 9.10. The number of nitrogens with zero attached hydrogens (tertiary/aromatic N) is 1. The van der Waals surface area contributed by atoms with Crippen molar-refractivity contribution in [1.29, 1.82) is 0 Å². The van der Waals surface area contributed by atoms with Crippen LogP contribution >= 0.6 is 27.5 Å². The third-order valence-corrected chi connectivity index (χ3v) is 3.61. The van der Waals surface area contributed by atoms with E-state index >= 15 is 0 Å². The van der Waals surface area contributed by atoms with Gasteiger partial charge in [0.15, 0.2) is 0 Å². The Morgan fingerprint density at radius 1 is 1.29 bits per heavy atom. The number of ether oxygens (including phenoxy) is 1. The smallest absolute Gasteiger partial charge is 0.312 e. The number of nitro groups is 1. The lowest BCUT2D eigenvalue weighted by Crippen LogP contribution is -2.04. The molecule has 0 amide bonds. The molecule has 0 fully saturated rings. The lowest BCUT2D eigenvalue weighted by molar-refractivity contribution is -0.385. The Morgan fingerprint density at radius 3 is 2.52 bits per heavy atom. The lowest BCUT2D eigenvalue weighted by Gasteiger charge is -2.11. The van der Waals surface area contributed by atoms with E-state index < -0.39 is 4.92 Å². The first-order valence-corrected chi connectivity index (χ1v) is 7.22. The summed E-state index contributed by atoms with van der Waals surface area (Å²) in [6, 6.07) is 9.50. The first-order chi connectivity index (χ1) is 9.88. The Morgan fingerprint density at radius 2 is 1.95 bits per heavy atom. The Bertz CT molecular complexity index is 692. The first-order valence-electron chi connectivity index (χ1n) is 6.05. The molecule has 0 aromatic heterocycles. The van der Waals surface area contributed by atoms with E-state index in [0.717, 1.165) is 5.56 Å². The molecule has 21 heavy (non-hydrogen) atoms. The summed E-state index contributed by atoms with van der Waals surface area (Å²) < 4.78 is 6.15. The molecule has 110 valence electrons. The summed E-state index contributed by atoms with van der Waals surface area (Å²) in [5, 5.41) is 11.4. The number of nitro benzene ring substituents is 1. The molecule has 0 aliphatic rings. The number of benzene rings is 2. The molecule has 1 atom stereocenters. The van der Waals surface area contributed by atoms with Gasteiger partial charge in [0.2, 0.25) is 5.75 Å². The van der Waals surface area contributed by atoms with Gasteiger partial charge < -0.3 is 10.5 Å². The zero-order valence-electron chi connectivity index (χ0n) is 11.0. The highest BCUT2D eigenvalue weighted by Gasteiger charge is 2.17. The molecule has 0 aliphatic carbocycles. The van der Waals surface area contributed by atoms with E-state index in [1.807, 2.05) is 6.92 Å². The maximum Gasteiger partial charge on any atom is 0.312 e. The van der Waals surface area contributed by atoms with E-state index in [2.05, 4.69) is 15.9 Å². The summed E-state index contributed by atoms with van der Waals surface area (Å²) in [6.45, 7) is 1.84. The standard InChI is InChI=1S/C14H12BrClN2O3/c1-8(17)9-2-4-13(11(16)6-9)21-14-5-3-10(15)7-12(14)18(19)20/h2-8H,17H2,1H3/t8-/m0/s1. The summed E-state index contributed by atoms with van der Waals surface area (Å²) >= 11 is 9.32. The van der Waals surface area contributed by atoms with Gasteiger partial charge in [-0.15, -0.1) is 0 Å². The van der Waals surface area contributed by atoms with E-state index in [4.69, 9.17) is 22.1 Å². The minimum Gasteiger partial charge on any atom is -0.449 e. The van der Waals surface area contributed by atoms with Crippen molar-refractivity contribution in [3.63, 3.8) is 0 Å². The van der Waals surface area contributed by atoms with Crippen LogP contribution in [0.25, 0.3) is 0 Å². The molecule has 0 spiro atoms. The van der Waals surface area contributed by atoms with Crippen LogP contribution in [-0.2, 0) is 0 Å². The molecular formula is C14H12BrClN2O3. The summed E-state index contributed by atoms with van der Waals surface area (Å²) in [7, 11) is 0. The third kappa shape index (κ3) is 3.72. The summed E-state index contributed by atoms with van der Waals surface area (Å²) in [5.74, 6) is 0.463. The average molecular weight is 372 g/mol. The zero-order chi connectivity index (χ0) is 15.6. The fourth-order valence-electron chi connectivity index (χ4n) is 1.72. The molecule has 0 unspecified atom stereocenters. The van der Waals surface area contributed by atoms with Gasteiger partial charge in [0.25, 0.3) is 0 Å². The number of rotatable bonds is 4. The molecule has 0 heterocycles. The molecule has 5 nitrogen and oxygen atoms in total. The normalized spacial score (nSPS) is 12.0. The zero-order valence-corrected chi connectivity index (χ0v) is 13.4. The van der Waals surface area contributed by atoms with Crippen LogP contribution in [0.3, 0.4) is 0 Å². The Kier molecular flexibility index (Phi) is 4.82. The second-order valence-electron chi connectivity index (χ2n) is 4.45. The van der Waals surface area contributed by atoms with Gasteiger partial charge in [0.05, 0.1) is 9.95 Å². The minimum absolute atomic E-state index is 0.124. The van der Waals surface area contributed by atoms with Crippen molar-refractivity contribution in [3.05, 3.63) is 61.6 Å². The molecular weight excluding hydrogens is 360 g/mol. The van der Waals surface area contributed by atoms with Gasteiger partial charge in [0.1, 0.15) is 5.75 Å². The van der Waals surface area contributed by atoms with Crippen LogP contribution in [0, 0.1) is 10.1 Å². The van der Waals surface area contributed by atoms with Crippen LogP contribution in [0.4, 0.5) is 5.69 Å². The molecule has 2 aromatic carbocycles. The molecule has 0 aliphatic heterocycles. The molecule has 2 rings (SSSR count). The predicted octanol–water partition coefficient (Wildman–Crippen LogP) is 4.82. The van der Waals surface area contributed by atoms with Gasteiger partial charge in [-0.3, -0.25) is 10.1 Å². The minimum atomic E-state index is -0.510. The first kappa shape index (κ1) is 15.8. The van der Waals surface area contributed by atoms with Crippen LogP contribution < -0.4 is 10.5 Å². The summed E-state index contributed by atoms with van der Waals surface area (Å²) in [5.41, 5.74) is 6.49. The fraction of sp³-hybridized carbons (Fsp3) is 0.143. The fourth-order valence-corrected chi connectivity index (χ4v) is 2.30. The van der Waals surface area contributed by atoms with Crippen molar-refractivity contribution in [3.8, 4) is 11.5 Å². The molecule has 0 saturated carbocycles. The molecule has 7 heteroatoms.